The smallest absolute Gasteiger partial charge is 0.305 e. The van der Waals surface area contributed by atoms with Crippen molar-refractivity contribution >= 4 is 5.97 Å². The largest absolute Gasteiger partial charge is 0.463 e. The molecule has 0 spiro atoms. The number of hydrogen-bond acceptors (Lipinski definition) is 12. The molecule has 0 saturated heterocycles. The van der Waals surface area contributed by atoms with Crippen molar-refractivity contribution in [1.29, 1.82) is 0 Å². The highest BCUT2D eigenvalue weighted by Crippen LogP contribution is 2.12. The summed E-state index contributed by atoms with van der Waals surface area (Å²) in [4.78, 5) is 11.6. The molecule has 0 aromatic rings. The van der Waals surface area contributed by atoms with Crippen LogP contribution in [0.25, 0.3) is 0 Å². The van der Waals surface area contributed by atoms with Gasteiger partial charge in [0.1, 0.15) is 6.61 Å². The zero-order valence-electron chi connectivity index (χ0n) is 35.0. The van der Waals surface area contributed by atoms with Gasteiger partial charge in [0.2, 0.25) is 0 Å². The lowest BCUT2D eigenvalue weighted by Gasteiger charge is -2.09. The molecule has 0 aliphatic heterocycles. The average molecular weight is 781 g/mol. The Morgan fingerprint density at radius 2 is 0.481 bits per heavy atom. The Bertz CT molecular complexity index is 688. The van der Waals surface area contributed by atoms with Crippen molar-refractivity contribution in [2.75, 3.05) is 139 Å². The van der Waals surface area contributed by atoms with Crippen molar-refractivity contribution in [2.45, 2.75) is 129 Å². The predicted molar refractivity (Wildman–Crippen MR) is 214 cm³/mol. The molecule has 12 heteroatoms. The van der Waals surface area contributed by atoms with Crippen LogP contribution in [-0.2, 0) is 56.9 Å². The molecule has 0 radical (unpaired) electrons. The Balaban J connectivity index is 3.08. The molecule has 0 N–H and O–H groups in total. The number of hydrogen-bond donors (Lipinski definition) is 0. The first kappa shape index (κ1) is 53.1. The van der Waals surface area contributed by atoms with Crippen LogP contribution < -0.4 is 0 Å². The molecule has 0 saturated carbocycles. The van der Waals surface area contributed by atoms with Gasteiger partial charge >= 0.3 is 5.97 Å². The van der Waals surface area contributed by atoms with Crippen molar-refractivity contribution in [3.63, 3.8) is 0 Å². The maximum absolute atomic E-state index is 11.6. The van der Waals surface area contributed by atoms with E-state index in [9.17, 15) is 4.79 Å². The van der Waals surface area contributed by atoms with Crippen molar-refractivity contribution in [3.8, 4) is 0 Å². The molecule has 0 rings (SSSR count). The maximum atomic E-state index is 11.6. The summed E-state index contributed by atoms with van der Waals surface area (Å²) in [6, 6.07) is 0. The second-order valence-electron chi connectivity index (χ2n) is 13.4. The molecule has 0 aliphatic carbocycles. The fourth-order valence-electron chi connectivity index (χ4n) is 5.29. The minimum Gasteiger partial charge on any atom is -0.463 e. The van der Waals surface area contributed by atoms with E-state index in [2.05, 4.69) is 13.8 Å². The first-order chi connectivity index (χ1) is 26.8. The van der Waals surface area contributed by atoms with Crippen molar-refractivity contribution in [2.24, 2.45) is 0 Å². The van der Waals surface area contributed by atoms with E-state index in [0.717, 1.165) is 38.7 Å². The van der Waals surface area contributed by atoms with Gasteiger partial charge in [-0.3, -0.25) is 4.79 Å². The Hall–Kier alpha value is -0.930. The quantitative estimate of drug-likeness (QED) is 0.0444. The molecule has 54 heavy (non-hydrogen) atoms. The van der Waals surface area contributed by atoms with E-state index in [1.807, 2.05) is 0 Å². The standard InChI is InChI=1S/C42H84O12/c1-3-5-7-9-10-11-12-13-14-15-16-17-19-21-44-22-23-45-24-25-46-26-27-47-28-29-48-30-31-49-32-33-50-34-35-51-36-37-52-38-39-53-40-41-54-42(43)20-18-8-6-4-2/h3-41H2,1-2H3. The number of esters is 1. The molecule has 0 amide bonds. The number of carbonyl (C=O) groups excluding carboxylic acids is 1. The van der Waals surface area contributed by atoms with Crippen molar-refractivity contribution in [1.82, 2.24) is 0 Å². The second kappa shape index (κ2) is 50.1. The van der Waals surface area contributed by atoms with Crippen LogP contribution in [0.1, 0.15) is 129 Å². The molecule has 0 bridgehead atoms. The van der Waals surface area contributed by atoms with Crippen molar-refractivity contribution < 1.29 is 56.9 Å². The first-order valence-corrected chi connectivity index (χ1v) is 21.7. The molecule has 0 unspecified atom stereocenters. The fraction of sp³-hybridized carbons (Fsp3) is 0.976. The van der Waals surface area contributed by atoms with Gasteiger partial charge in [0.15, 0.2) is 0 Å². The highest BCUT2D eigenvalue weighted by Gasteiger charge is 2.02. The van der Waals surface area contributed by atoms with Gasteiger partial charge in [-0.05, 0) is 12.8 Å². The average Bonchev–Trinajstić information content (AvgIpc) is 3.18. The van der Waals surface area contributed by atoms with Crippen LogP contribution in [0.4, 0.5) is 0 Å². The molecule has 0 heterocycles. The van der Waals surface area contributed by atoms with Crippen LogP contribution in [0.2, 0.25) is 0 Å². The number of carbonyl (C=O) groups is 1. The zero-order valence-corrected chi connectivity index (χ0v) is 35.0. The minimum atomic E-state index is -0.149. The maximum Gasteiger partial charge on any atom is 0.305 e. The number of ether oxygens (including phenoxy) is 11. The van der Waals surface area contributed by atoms with Crippen LogP contribution in [0.15, 0.2) is 0 Å². The molecule has 0 aromatic carbocycles. The Labute approximate surface area is 330 Å². The highest BCUT2D eigenvalue weighted by atomic mass is 16.6. The first-order valence-electron chi connectivity index (χ1n) is 21.7. The van der Waals surface area contributed by atoms with Gasteiger partial charge in [-0.25, -0.2) is 0 Å². The van der Waals surface area contributed by atoms with Gasteiger partial charge < -0.3 is 52.1 Å². The van der Waals surface area contributed by atoms with Gasteiger partial charge in [-0.2, -0.15) is 0 Å². The van der Waals surface area contributed by atoms with E-state index in [1.54, 1.807) is 0 Å². The molecule has 0 aliphatic rings. The van der Waals surface area contributed by atoms with E-state index < -0.39 is 0 Å². The molecule has 0 fully saturated rings. The van der Waals surface area contributed by atoms with E-state index in [4.69, 9.17) is 52.1 Å². The van der Waals surface area contributed by atoms with Crippen LogP contribution in [0.3, 0.4) is 0 Å². The van der Waals surface area contributed by atoms with Gasteiger partial charge in [0.05, 0.1) is 126 Å². The minimum absolute atomic E-state index is 0.149. The Kier molecular flexibility index (Phi) is 49.2. The van der Waals surface area contributed by atoms with Crippen LogP contribution >= 0.6 is 0 Å². The summed E-state index contributed by atoms with van der Waals surface area (Å²) in [5.74, 6) is -0.149. The van der Waals surface area contributed by atoms with E-state index in [0.29, 0.717) is 132 Å². The van der Waals surface area contributed by atoms with E-state index >= 15 is 0 Å². The second-order valence-corrected chi connectivity index (χ2v) is 13.4. The Morgan fingerprint density at radius 1 is 0.259 bits per heavy atom. The van der Waals surface area contributed by atoms with Crippen LogP contribution in [0, 0.1) is 0 Å². The Morgan fingerprint density at radius 3 is 0.778 bits per heavy atom. The molecule has 324 valence electrons. The molecular weight excluding hydrogens is 696 g/mol. The van der Waals surface area contributed by atoms with Gasteiger partial charge in [0.25, 0.3) is 0 Å². The number of rotatable bonds is 49. The van der Waals surface area contributed by atoms with Crippen molar-refractivity contribution in [3.05, 3.63) is 0 Å². The lowest BCUT2D eigenvalue weighted by molar-refractivity contribution is -0.145. The third kappa shape index (κ3) is 49.1. The summed E-state index contributed by atoms with van der Waals surface area (Å²) in [6.45, 7) is 15.4. The third-order valence-electron chi connectivity index (χ3n) is 8.47. The predicted octanol–water partition coefficient (Wildman–Crippen LogP) is 7.76. The molecule has 0 atom stereocenters. The van der Waals surface area contributed by atoms with Crippen LogP contribution in [-0.4, -0.2) is 145 Å². The summed E-state index contributed by atoms with van der Waals surface area (Å²) in [5, 5.41) is 0. The summed E-state index contributed by atoms with van der Waals surface area (Å²) in [6.07, 6.45) is 22.5. The normalized spacial score (nSPS) is 11.5. The highest BCUT2D eigenvalue weighted by molar-refractivity contribution is 5.69. The lowest BCUT2D eigenvalue weighted by atomic mass is 10.0. The molecule has 12 nitrogen and oxygen atoms in total. The molecule has 0 aromatic heterocycles. The van der Waals surface area contributed by atoms with E-state index in [-0.39, 0.29) is 12.6 Å². The number of unbranched alkanes of at least 4 members (excludes halogenated alkanes) is 15. The lowest BCUT2D eigenvalue weighted by Crippen LogP contribution is -2.15. The summed E-state index contributed by atoms with van der Waals surface area (Å²) >= 11 is 0. The monoisotopic (exact) mass is 781 g/mol. The van der Waals surface area contributed by atoms with Gasteiger partial charge in [0, 0.05) is 13.0 Å². The van der Waals surface area contributed by atoms with E-state index in [1.165, 1.54) is 77.0 Å². The fourth-order valence-corrected chi connectivity index (χ4v) is 5.29. The molecular formula is C42H84O12. The zero-order chi connectivity index (χ0) is 38.9. The SMILES string of the molecule is CCCCCCCCCCCCCCCOCCOCCOCCOCCOCCOCCOCCOCCOCCOCCOC(=O)CCCCCC. The third-order valence-corrected chi connectivity index (χ3v) is 8.47. The van der Waals surface area contributed by atoms with Gasteiger partial charge in [-0.15, -0.1) is 0 Å². The summed E-state index contributed by atoms with van der Waals surface area (Å²) in [7, 11) is 0. The summed E-state index contributed by atoms with van der Waals surface area (Å²) < 4.78 is 60.3. The summed E-state index contributed by atoms with van der Waals surface area (Å²) in [5.41, 5.74) is 0. The van der Waals surface area contributed by atoms with Crippen LogP contribution in [0.5, 0.6) is 0 Å². The topological polar surface area (TPSA) is 119 Å². The van der Waals surface area contributed by atoms with Gasteiger partial charge in [-0.1, -0.05) is 110 Å².